The number of thiazole rings is 1. The van der Waals surface area contributed by atoms with Gasteiger partial charge in [-0.3, -0.25) is 15.1 Å². The van der Waals surface area contributed by atoms with Crippen LogP contribution in [0.5, 0.6) is 0 Å². The van der Waals surface area contributed by atoms with Gasteiger partial charge in [-0.1, -0.05) is 84.9 Å². The molecule has 1 aromatic heterocycles. The molecule has 0 aliphatic carbocycles. The fraction of sp³-hybridized carbons (Fsp3) is 0.103. The van der Waals surface area contributed by atoms with E-state index in [0.717, 1.165) is 32.4 Å². The lowest BCUT2D eigenvalue weighted by atomic mass is 10.0. The first-order valence-electron chi connectivity index (χ1n) is 11.6. The van der Waals surface area contributed by atoms with E-state index in [9.17, 15) is 10.1 Å². The summed E-state index contributed by atoms with van der Waals surface area (Å²) in [5, 5.41) is 20.8. The average Bonchev–Trinajstić information content (AvgIpc) is 3.29. The molecule has 178 valence electrons. The Kier molecular flexibility index (Phi) is 6.56. The predicted octanol–water partition coefficient (Wildman–Crippen LogP) is 6.96. The lowest BCUT2D eigenvalue weighted by molar-refractivity contribution is -0.385. The van der Waals surface area contributed by atoms with Crippen LogP contribution in [0.2, 0.25) is 0 Å². The maximum atomic E-state index is 11.5. The van der Waals surface area contributed by atoms with Crippen LogP contribution in [0, 0.1) is 17.0 Å². The third kappa shape index (κ3) is 4.74. The van der Waals surface area contributed by atoms with Gasteiger partial charge >= 0.3 is 0 Å². The molecule has 4 aromatic carbocycles. The number of aryl methyl sites for hydroxylation is 1. The van der Waals surface area contributed by atoms with Crippen LogP contribution in [0.3, 0.4) is 0 Å². The highest BCUT2D eigenvalue weighted by atomic mass is 32.1. The van der Waals surface area contributed by atoms with Crippen molar-refractivity contribution in [3.05, 3.63) is 128 Å². The van der Waals surface area contributed by atoms with Crippen LogP contribution in [0.1, 0.15) is 23.6 Å². The first-order chi connectivity index (χ1) is 17.5. The Morgan fingerprint density at radius 3 is 2.53 bits per heavy atom. The van der Waals surface area contributed by atoms with Crippen molar-refractivity contribution in [2.24, 2.45) is 10.1 Å². The van der Waals surface area contributed by atoms with Crippen molar-refractivity contribution in [1.29, 1.82) is 0 Å². The van der Waals surface area contributed by atoms with E-state index in [1.165, 1.54) is 11.3 Å². The largest absolute Gasteiger partial charge is 0.272 e. The van der Waals surface area contributed by atoms with Crippen LogP contribution in [0.4, 0.5) is 5.69 Å². The molecule has 0 fully saturated rings. The van der Waals surface area contributed by atoms with Crippen molar-refractivity contribution in [1.82, 2.24) is 4.68 Å². The summed E-state index contributed by atoms with van der Waals surface area (Å²) >= 11 is 1.53. The Hall–Kier alpha value is -4.36. The third-order valence-corrected chi connectivity index (χ3v) is 6.92. The summed E-state index contributed by atoms with van der Waals surface area (Å²) in [6.45, 7) is 4.13. The molecule has 6 nitrogen and oxygen atoms in total. The zero-order chi connectivity index (χ0) is 25.1. The summed E-state index contributed by atoms with van der Waals surface area (Å²) in [5.41, 5.74) is 5.15. The molecular weight excluding hydrogens is 468 g/mol. The molecule has 0 N–H and O–H groups in total. The number of hydrogen-bond donors (Lipinski definition) is 0. The fourth-order valence-electron chi connectivity index (χ4n) is 4.12. The summed E-state index contributed by atoms with van der Waals surface area (Å²) in [5.74, 6) is 0. The number of nitro groups is 1. The molecule has 0 atom stereocenters. The van der Waals surface area contributed by atoms with Gasteiger partial charge in [0.2, 0.25) is 4.80 Å². The van der Waals surface area contributed by atoms with Crippen molar-refractivity contribution in [2.45, 2.75) is 20.4 Å². The first-order valence-corrected chi connectivity index (χ1v) is 12.4. The maximum Gasteiger partial charge on any atom is 0.272 e. The quantitative estimate of drug-likeness (QED) is 0.146. The Morgan fingerprint density at radius 2 is 1.72 bits per heavy atom. The number of nitrogens with zero attached hydrogens (tertiary/aromatic N) is 4. The molecule has 7 heteroatoms. The number of rotatable bonds is 6. The molecule has 0 spiro atoms. The minimum absolute atomic E-state index is 0.0839. The van der Waals surface area contributed by atoms with E-state index in [4.69, 9.17) is 10.1 Å². The molecular formula is C29H24N4O2S. The molecule has 36 heavy (non-hydrogen) atoms. The molecule has 0 aliphatic rings. The Morgan fingerprint density at radius 1 is 0.972 bits per heavy atom. The van der Waals surface area contributed by atoms with Gasteiger partial charge in [0.25, 0.3) is 5.69 Å². The predicted molar refractivity (Wildman–Crippen MR) is 146 cm³/mol. The summed E-state index contributed by atoms with van der Waals surface area (Å²) in [4.78, 5) is 16.8. The maximum absolute atomic E-state index is 11.5. The molecule has 0 amide bonds. The first kappa shape index (κ1) is 23.4. The molecule has 5 aromatic rings. The van der Waals surface area contributed by atoms with Gasteiger partial charge in [0.1, 0.15) is 0 Å². The van der Waals surface area contributed by atoms with Crippen molar-refractivity contribution < 1.29 is 4.92 Å². The summed E-state index contributed by atoms with van der Waals surface area (Å²) in [6.07, 6.45) is 0. The number of fused-ring (bicyclic) bond motifs is 1. The van der Waals surface area contributed by atoms with Crippen LogP contribution in [0.15, 0.2) is 106 Å². The van der Waals surface area contributed by atoms with Gasteiger partial charge in [0, 0.05) is 28.1 Å². The number of benzene rings is 4. The van der Waals surface area contributed by atoms with E-state index in [0.29, 0.717) is 23.4 Å². The molecule has 0 saturated heterocycles. The third-order valence-electron chi connectivity index (χ3n) is 6.06. The zero-order valence-corrected chi connectivity index (χ0v) is 20.8. The highest BCUT2D eigenvalue weighted by Gasteiger charge is 2.15. The molecule has 0 aliphatic heterocycles. The summed E-state index contributed by atoms with van der Waals surface area (Å²) in [7, 11) is 0. The van der Waals surface area contributed by atoms with Gasteiger partial charge in [-0.25, -0.2) is 4.68 Å². The molecule has 1 heterocycles. The lowest BCUT2D eigenvalue weighted by Crippen LogP contribution is -2.14. The normalized spacial score (nSPS) is 12.3. The second-order valence-corrected chi connectivity index (χ2v) is 9.32. The van der Waals surface area contributed by atoms with E-state index in [1.807, 2.05) is 66.2 Å². The minimum Gasteiger partial charge on any atom is -0.258 e. The van der Waals surface area contributed by atoms with Crippen LogP contribution in [-0.4, -0.2) is 15.3 Å². The minimum atomic E-state index is -0.355. The number of nitro benzene ring substituents is 1. The van der Waals surface area contributed by atoms with Gasteiger partial charge in [-0.05, 0) is 30.2 Å². The Bertz CT molecular complexity index is 1660. The number of hydrogen-bond acceptors (Lipinski definition) is 5. The van der Waals surface area contributed by atoms with Crippen LogP contribution < -0.4 is 4.80 Å². The monoisotopic (exact) mass is 492 g/mol. The zero-order valence-electron chi connectivity index (χ0n) is 20.0. The standard InChI is InChI=1S/C29H24N4O2S/c1-20-15-16-24(17-27(20)33(34)35)21(2)31-32-28(26-14-8-12-23-11-6-7-13-25(23)26)19-36-29(32)30-18-22-9-4-3-5-10-22/h3-17,19H,18H2,1-2H3. The van der Waals surface area contributed by atoms with E-state index in [2.05, 4.69) is 29.6 Å². The molecule has 0 bridgehead atoms. The van der Waals surface area contributed by atoms with Crippen LogP contribution in [0.25, 0.3) is 22.0 Å². The van der Waals surface area contributed by atoms with Gasteiger partial charge < -0.3 is 0 Å². The van der Waals surface area contributed by atoms with E-state index >= 15 is 0 Å². The van der Waals surface area contributed by atoms with Gasteiger partial charge in [-0.2, -0.15) is 5.10 Å². The van der Waals surface area contributed by atoms with E-state index < -0.39 is 0 Å². The van der Waals surface area contributed by atoms with Crippen LogP contribution in [-0.2, 0) is 6.54 Å². The Labute approximate surface area is 212 Å². The lowest BCUT2D eigenvalue weighted by Gasteiger charge is -2.09. The summed E-state index contributed by atoms with van der Waals surface area (Å²) in [6, 6.07) is 29.8. The fourth-order valence-corrected chi connectivity index (χ4v) is 4.94. The van der Waals surface area contributed by atoms with Crippen molar-refractivity contribution in [2.75, 3.05) is 0 Å². The van der Waals surface area contributed by atoms with Crippen molar-refractivity contribution in [3.63, 3.8) is 0 Å². The highest BCUT2D eigenvalue weighted by molar-refractivity contribution is 7.07. The van der Waals surface area contributed by atoms with Gasteiger partial charge in [0.15, 0.2) is 0 Å². The van der Waals surface area contributed by atoms with Crippen molar-refractivity contribution in [3.8, 4) is 11.3 Å². The number of aromatic nitrogens is 1. The van der Waals surface area contributed by atoms with E-state index in [-0.39, 0.29) is 10.6 Å². The van der Waals surface area contributed by atoms with E-state index in [1.54, 1.807) is 19.1 Å². The van der Waals surface area contributed by atoms with Gasteiger partial charge in [-0.15, -0.1) is 11.3 Å². The van der Waals surface area contributed by atoms with Crippen LogP contribution >= 0.6 is 11.3 Å². The molecule has 5 rings (SSSR count). The molecule has 0 unspecified atom stereocenters. The average molecular weight is 493 g/mol. The second-order valence-electron chi connectivity index (χ2n) is 8.49. The van der Waals surface area contributed by atoms with Gasteiger partial charge in [0.05, 0.1) is 22.9 Å². The molecule has 0 radical (unpaired) electrons. The summed E-state index contributed by atoms with van der Waals surface area (Å²) < 4.78 is 1.86. The SMILES string of the molecule is CC(=Nn1c(-c2cccc3ccccc23)csc1=NCc1ccccc1)c1ccc(C)c([N+](=O)[O-])c1. The second kappa shape index (κ2) is 10.1. The smallest absolute Gasteiger partial charge is 0.258 e. The molecule has 0 saturated carbocycles. The Balaban J connectivity index is 1.68. The van der Waals surface area contributed by atoms with Crippen molar-refractivity contribution >= 4 is 33.5 Å². The topological polar surface area (TPSA) is 72.8 Å². The highest BCUT2D eigenvalue weighted by Crippen LogP contribution is 2.29.